The van der Waals surface area contributed by atoms with Gasteiger partial charge >= 0.3 is 0 Å². The molecule has 0 atom stereocenters. The summed E-state index contributed by atoms with van der Waals surface area (Å²) in [4.78, 5) is 24.1. The number of anilines is 2. The van der Waals surface area contributed by atoms with Gasteiger partial charge in [-0.05, 0) is 74.2 Å². The topological polar surface area (TPSA) is 71.8 Å². The van der Waals surface area contributed by atoms with Crippen LogP contribution in [0.2, 0.25) is 0 Å². The second-order valence-corrected chi connectivity index (χ2v) is 8.37. The van der Waals surface area contributed by atoms with E-state index in [1.54, 1.807) is 30.5 Å². The van der Waals surface area contributed by atoms with Gasteiger partial charge in [-0.25, -0.2) is 9.97 Å². The molecule has 1 amide bonds. The summed E-state index contributed by atoms with van der Waals surface area (Å²) < 4.78 is 7.86. The normalized spacial score (nSPS) is 13.8. The Morgan fingerprint density at radius 2 is 1.88 bits per heavy atom. The Bertz CT molecular complexity index is 1240. The standard InChI is InChI=1S/C26H27N5O2/c1-19-6-5-15-31-17-22(28-25(19)31)18-33-23-10-7-20(8-11-23)26(32)29-21-9-12-24(27-16-21)30-13-3-2-4-14-30/h5-12,15-17H,2-4,13-14,18H2,1H3,(H,29,32). The molecule has 0 unspecified atom stereocenters. The van der Waals surface area contributed by atoms with Crippen LogP contribution in [0.25, 0.3) is 5.65 Å². The number of aromatic nitrogens is 3. The third kappa shape index (κ3) is 4.82. The van der Waals surface area contributed by atoms with Crippen LogP contribution in [0.5, 0.6) is 5.75 Å². The molecule has 5 rings (SSSR count). The van der Waals surface area contributed by atoms with E-state index in [0.717, 1.165) is 35.8 Å². The number of nitrogens with one attached hydrogen (secondary N) is 1. The smallest absolute Gasteiger partial charge is 0.255 e. The molecule has 1 saturated heterocycles. The van der Waals surface area contributed by atoms with Crippen molar-refractivity contribution in [3.63, 3.8) is 0 Å². The number of hydrogen-bond donors (Lipinski definition) is 1. The number of fused-ring (bicyclic) bond motifs is 1. The van der Waals surface area contributed by atoms with Crippen molar-refractivity contribution in [3.05, 3.63) is 83.9 Å². The van der Waals surface area contributed by atoms with Crippen LogP contribution in [-0.4, -0.2) is 33.4 Å². The van der Waals surface area contributed by atoms with Crippen molar-refractivity contribution in [2.45, 2.75) is 32.8 Å². The maximum absolute atomic E-state index is 12.6. The number of aryl methyl sites for hydroxylation is 1. The summed E-state index contributed by atoms with van der Waals surface area (Å²) in [5.41, 5.74) is 4.15. The van der Waals surface area contributed by atoms with Gasteiger partial charge in [0, 0.05) is 31.0 Å². The van der Waals surface area contributed by atoms with Crippen LogP contribution >= 0.6 is 0 Å². The highest BCUT2D eigenvalue weighted by Crippen LogP contribution is 2.20. The zero-order valence-electron chi connectivity index (χ0n) is 18.7. The fourth-order valence-electron chi connectivity index (χ4n) is 4.11. The number of ether oxygens (including phenoxy) is 1. The lowest BCUT2D eigenvalue weighted by atomic mass is 10.1. The van der Waals surface area contributed by atoms with Gasteiger partial charge in [-0.1, -0.05) is 6.07 Å². The third-order valence-electron chi connectivity index (χ3n) is 5.92. The van der Waals surface area contributed by atoms with E-state index in [2.05, 4.69) is 20.2 Å². The maximum Gasteiger partial charge on any atom is 0.255 e. The Hall–Kier alpha value is -3.87. The fraction of sp³-hybridized carbons (Fsp3) is 0.269. The highest BCUT2D eigenvalue weighted by Gasteiger charge is 2.13. The Labute approximate surface area is 193 Å². The SMILES string of the molecule is Cc1cccn2cc(COc3ccc(C(=O)Nc4ccc(N5CCCCC5)nc4)cc3)nc12. The molecule has 1 aliphatic rings. The molecular weight excluding hydrogens is 414 g/mol. The molecule has 4 aromatic rings. The zero-order valence-corrected chi connectivity index (χ0v) is 18.7. The van der Waals surface area contributed by atoms with Gasteiger partial charge < -0.3 is 19.4 Å². The first-order valence-electron chi connectivity index (χ1n) is 11.3. The van der Waals surface area contributed by atoms with Crippen molar-refractivity contribution in [1.82, 2.24) is 14.4 Å². The first-order valence-corrected chi connectivity index (χ1v) is 11.3. The van der Waals surface area contributed by atoms with E-state index in [4.69, 9.17) is 4.74 Å². The number of benzene rings is 1. The van der Waals surface area contributed by atoms with Gasteiger partial charge in [0.05, 0.1) is 17.6 Å². The number of carbonyl (C=O) groups excluding carboxylic acids is 1. The van der Waals surface area contributed by atoms with E-state index < -0.39 is 0 Å². The lowest BCUT2D eigenvalue weighted by Crippen LogP contribution is -2.30. The van der Waals surface area contributed by atoms with E-state index in [1.165, 1.54) is 19.3 Å². The molecule has 0 spiro atoms. The van der Waals surface area contributed by atoms with Crippen LogP contribution in [0, 0.1) is 6.92 Å². The predicted octanol–water partition coefficient (Wildman–Crippen LogP) is 4.86. The number of rotatable bonds is 6. The Morgan fingerprint density at radius 3 is 2.61 bits per heavy atom. The van der Waals surface area contributed by atoms with Gasteiger partial charge in [-0.2, -0.15) is 0 Å². The average Bonchev–Trinajstić information content (AvgIpc) is 3.29. The van der Waals surface area contributed by atoms with Gasteiger partial charge in [0.2, 0.25) is 0 Å². The highest BCUT2D eigenvalue weighted by molar-refractivity contribution is 6.04. The summed E-state index contributed by atoms with van der Waals surface area (Å²) in [5, 5.41) is 2.91. The van der Waals surface area contributed by atoms with Crippen molar-refractivity contribution in [2.75, 3.05) is 23.3 Å². The molecule has 0 saturated carbocycles. The summed E-state index contributed by atoms with van der Waals surface area (Å²) >= 11 is 0. The van der Waals surface area contributed by atoms with Crippen molar-refractivity contribution >= 4 is 23.1 Å². The largest absolute Gasteiger partial charge is 0.487 e. The van der Waals surface area contributed by atoms with E-state index in [9.17, 15) is 4.79 Å². The number of hydrogen-bond acceptors (Lipinski definition) is 5. The van der Waals surface area contributed by atoms with Crippen LogP contribution < -0.4 is 15.0 Å². The monoisotopic (exact) mass is 441 g/mol. The Kier molecular flexibility index (Phi) is 5.93. The lowest BCUT2D eigenvalue weighted by Gasteiger charge is -2.27. The van der Waals surface area contributed by atoms with Crippen LogP contribution in [0.3, 0.4) is 0 Å². The van der Waals surface area contributed by atoms with Crippen LogP contribution in [0.1, 0.15) is 40.9 Å². The second kappa shape index (κ2) is 9.32. The predicted molar refractivity (Wildman–Crippen MR) is 129 cm³/mol. The van der Waals surface area contributed by atoms with Gasteiger partial charge in [0.1, 0.15) is 23.8 Å². The molecule has 0 bridgehead atoms. The minimum atomic E-state index is -0.176. The molecule has 1 N–H and O–H groups in total. The first-order chi connectivity index (χ1) is 16.2. The number of amides is 1. The van der Waals surface area contributed by atoms with Crippen LogP contribution in [0.15, 0.2) is 67.1 Å². The molecular formula is C26H27N5O2. The molecule has 1 fully saturated rings. The number of imidazole rings is 1. The van der Waals surface area contributed by atoms with Gasteiger partial charge in [0.25, 0.3) is 5.91 Å². The van der Waals surface area contributed by atoms with E-state index in [0.29, 0.717) is 23.6 Å². The lowest BCUT2D eigenvalue weighted by molar-refractivity contribution is 0.102. The first kappa shape index (κ1) is 21.0. The second-order valence-electron chi connectivity index (χ2n) is 8.37. The molecule has 0 radical (unpaired) electrons. The Balaban J connectivity index is 1.17. The van der Waals surface area contributed by atoms with Crippen molar-refractivity contribution in [2.24, 2.45) is 0 Å². The summed E-state index contributed by atoms with van der Waals surface area (Å²) in [6.07, 6.45) is 9.36. The fourth-order valence-corrected chi connectivity index (χ4v) is 4.11. The van der Waals surface area contributed by atoms with Crippen LogP contribution in [0.4, 0.5) is 11.5 Å². The number of piperidine rings is 1. The Morgan fingerprint density at radius 1 is 1.06 bits per heavy atom. The molecule has 168 valence electrons. The van der Waals surface area contributed by atoms with Gasteiger partial charge in [-0.15, -0.1) is 0 Å². The van der Waals surface area contributed by atoms with E-state index in [-0.39, 0.29) is 5.91 Å². The number of nitrogens with zero attached hydrogens (tertiary/aromatic N) is 4. The van der Waals surface area contributed by atoms with Crippen molar-refractivity contribution < 1.29 is 9.53 Å². The molecule has 33 heavy (non-hydrogen) atoms. The zero-order chi connectivity index (χ0) is 22.6. The van der Waals surface area contributed by atoms with Crippen molar-refractivity contribution in [1.29, 1.82) is 0 Å². The van der Waals surface area contributed by atoms with E-state index in [1.807, 2.05) is 48.0 Å². The van der Waals surface area contributed by atoms with Crippen LogP contribution in [-0.2, 0) is 6.61 Å². The minimum absolute atomic E-state index is 0.176. The molecule has 7 nitrogen and oxygen atoms in total. The molecule has 7 heteroatoms. The highest BCUT2D eigenvalue weighted by atomic mass is 16.5. The van der Waals surface area contributed by atoms with Gasteiger partial charge in [-0.3, -0.25) is 4.79 Å². The summed E-state index contributed by atoms with van der Waals surface area (Å²) in [6.45, 7) is 4.49. The molecule has 1 aliphatic heterocycles. The molecule has 0 aliphatic carbocycles. The molecule has 1 aromatic carbocycles. The minimum Gasteiger partial charge on any atom is -0.487 e. The third-order valence-corrected chi connectivity index (χ3v) is 5.92. The number of pyridine rings is 2. The summed E-state index contributed by atoms with van der Waals surface area (Å²) in [7, 11) is 0. The van der Waals surface area contributed by atoms with Crippen molar-refractivity contribution in [3.8, 4) is 5.75 Å². The maximum atomic E-state index is 12.6. The van der Waals surface area contributed by atoms with Gasteiger partial charge in [0.15, 0.2) is 0 Å². The number of carbonyl (C=O) groups is 1. The molecule has 4 heterocycles. The van der Waals surface area contributed by atoms with E-state index >= 15 is 0 Å². The summed E-state index contributed by atoms with van der Waals surface area (Å²) in [6, 6.07) is 15.0. The quantitative estimate of drug-likeness (QED) is 0.463. The summed E-state index contributed by atoms with van der Waals surface area (Å²) in [5.74, 6) is 1.48. The molecule has 3 aromatic heterocycles. The average molecular weight is 442 g/mol.